The van der Waals surface area contributed by atoms with E-state index in [4.69, 9.17) is 5.73 Å². The maximum atomic E-state index is 11.3. The Morgan fingerprint density at radius 2 is 1.84 bits per heavy atom. The van der Waals surface area contributed by atoms with Gasteiger partial charge >= 0.3 is 0 Å². The lowest BCUT2D eigenvalue weighted by atomic mass is 10.3. The van der Waals surface area contributed by atoms with Gasteiger partial charge in [0, 0.05) is 12.5 Å². The summed E-state index contributed by atoms with van der Waals surface area (Å²) in [6.07, 6.45) is 2.79. The quantitative estimate of drug-likeness (QED) is 0.679. The van der Waals surface area contributed by atoms with Crippen LogP contribution in [0.25, 0.3) is 0 Å². The number of rotatable bonds is 3. The summed E-state index contributed by atoms with van der Waals surface area (Å²) >= 11 is 0. The molecule has 6 heteroatoms. The molecule has 0 spiro atoms. The highest BCUT2D eigenvalue weighted by atomic mass is 32.2. The normalized spacial score (nSPS) is 12.4. The number of hydrogen-bond donors (Lipinski definition) is 1. The van der Waals surface area contributed by atoms with Crippen LogP contribution in [0, 0.1) is 0 Å². The first-order chi connectivity index (χ1) is 8.97. The largest absolute Gasteiger partial charge is 0.382 e. The number of pyridine rings is 1. The van der Waals surface area contributed by atoms with E-state index in [1.54, 1.807) is 30.5 Å². The number of aliphatic imine (C=N–C) groups is 1. The summed E-state index contributed by atoms with van der Waals surface area (Å²) in [6, 6.07) is 11.6. The number of nitrogens with two attached hydrogens (primary N) is 1. The van der Waals surface area contributed by atoms with Crippen LogP contribution in [0.2, 0.25) is 0 Å². The smallest absolute Gasteiger partial charge is 0.175 e. The van der Waals surface area contributed by atoms with Gasteiger partial charge in [-0.15, -0.1) is 0 Å². The van der Waals surface area contributed by atoms with Crippen LogP contribution in [0.3, 0.4) is 0 Å². The third-order valence-corrected chi connectivity index (χ3v) is 3.57. The molecule has 0 amide bonds. The minimum atomic E-state index is -3.19. The molecule has 98 valence electrons. The molecular weight excluding hydrogens is 262 g/mol. The fraction of sp³-hybridized carbons (Fsp3) is 0.0769. The zero-order valence-electron chi connectivity index (χ0n) is 10.3. The van der Waals surface area contributed by atoms with Crippen LogP contribution in [-0.2, 0) is 9.84 Å². The molecule has 1 aromatic carbocycles. The molecule has 0 bridgehead atoms. The summed E-state index contributed by atoms with van der Waals surface area (Å²) in [6.45, 7) is 0. The first-order valence-electron chi connectivity index (χ1n) is 5.52. The Morgan fingerprint density at radius 3 is 2.37 bits per heavy atom. The molecular formula is C13H13N3O2S. The van der Waals surface area contributed by atoms with Gasteiger partial charge in [-0.3, -0.25) is 4.98 Å². The maximum Gasteiger partial charge on any atom is 0.175 e. The lowest BCUT2D eigenvalue weighted by Gasteiger charge is -2.01. The Bertz CT molecular complexity index is 692. The third kappa shape index (κ3) is 3.38. The third-order valence-electron chi connectivity index (χ3n) is 2.44. The van der Waals surface area contributed by atoms with Gasteiger partial charge in [-0.2, -0.15) is 0 Å². The Morgan fingerprint density at radius 1 is 1.16 bits per heavy atom. The maximum absolute atomic E-state index is 11.3. The molecule has 0 aliphatic heterocycles. The standard InChI is InChI=1S/C13H13N3O2S/c1-19(17,18)11-7-5-10(6-8-11)16-13(14)12-4-2-3-9-15-12/h2-9H,1H3,(H2,14,16). The average molecular weight is 275 g/mol. The Hall–Kier alpha value is -2.21. The zero-order valence-corrected chi connectivity index (χ0v) is 11.1. The Labute approximate surface area is 111 Å². The van der Waals surface area contributed by atoms with Crippen molar-refractivity contribution in [3.05, 3.63) is 54.4 Å². The number of hydrogen-bond acceptors (Lipinski definition) is 4. The van der Waals surface area contributed by atoms with Crippen LogP contribution < -0.4 is 5.73 Å². The van der Waals surface area contributed by atoms with Crippen LogP contribution in [0.4, 0.5) is 5.69 Å². The molecule has 2 aromatic rings. The van der Waals surface area contributed by atoms with Crippen molar-refractivity contribution in [2.75, 3.05) is 6.26 Å². The second-order valence-corrected chi connectivity index (χ2v) is 5.99. The topological polar surface area (TPSA) is 85.4 Å². The van der Waals surface area contributed by atoms with Gasteiger partial charge in [0.05, 0.1) is 10.6 Å². The van der Waals surface area contributed by atoms with Crippen LogP contribution in [0.1, 0.15) is 5.69 Å². The van der Waals surface area contributed by atoms with Crippen molar-refractivity contribution in [2.45, 2.75) is 4.90 Å². The summed E-state index contributed by atoms with van der Waals surface area (Å²) in [5.74, 6) is 0.285. The van der Waals surface area contributed by atoms with Gasteiger partial charge in [-0.25, -0.2) is 13.4 Å². The first-order valence-corrected chi connectivity index (χ1v) is 7.41. The van der Waals surface area contributed by atoms with Crippen LogP contribution >= 0.6 is 0 Å². The molecule has 0 atom stereocenters. The van der Waals surface area contributed by atoms with Crippen molar-refractivity contribution in [3.63, 3.8) is 0 Å². The minimum absolute atomic E-state index is 0.253. The number of nitrogens with zero attached hydrogens (tertiary/aromatic N) is 2. The minimum Gasteiger partial charge on any atom is -0.382 e. The van der Waals surface area contributed by atoms with Gasteiger partial charge in [-0.1, -0.05) is 6.07 Å². The predicted molar refractivity (Wildman–Crippen MR) is 74.2 cm³/mol. The fourth-order valence-corrected chi connectivity index (χ4v) is 2.11. The van der Waals surface area contributed by atoms with E-state index < -0.39 is 9.84 Å². The van der Waals surface area contributed by atoms with Gasteiger partial charge in [0.25, 0.3) is 0 Å². The molecule has 2 rings (SSSR count). The van der Waals surface area contributed by atoms with Gasteiger partial charge in [0.15, 0.2) is 9.84 Å². The van der Waals surface area contributed by atoms with E-state index in [0.29, 0.717) is 11.4 Å². The van der Waals surface area contributed by atoms with Crippen LogP contribution in [0.5, 0.6) is 0 Å². The SMILES string of the molecule is CS(=O)(=O)c1ccc(N=C(N)c2ccccn2)cc1. The number of benzene rings is 1. The van der Waals surface area contributed by atoms with Gasteiger partial charge < -0.3 is 5.73 Å². The van der Waals surface area contributed by atoms with Crippen molar-refractivity contribution in [3.8, 4) is 0 Å². The van der Waals surface area contributed by atoms with E-state index in [1.807, 2.05) is 6.07 Å². The Kier molecular flexibility index (Phi) is 3.62. The molecule has 0 aliphatic rings. The van der Waals surface area contributed by atoms with E-state index in [-0.39, 0.29) is 10.7 Å². The lowest BCUT2D eigenvalue weighted by molar-refractivity contribution is 0.602. The molecule has 0 fully saturated rings. The van der Waals surface area contributed by atoms with Gasteiger partial charge in [0.1, 0.15) is 11.5 Å². The van der Waals surface area contributed by atoms with Crippen molar-refractivity contribution in [2.24, 2.45) is 10.7 Å². The van der Waals surface area contributed by atoms with E-state index in [9.17, 15) is 8.42 Å². The predicted octanol–water partition coefficient (Wildman–Crippen LogP) is 1.52. The fourth-order valence-electron chi connectivity index (χ4n) is 1.48. The lowest BCUT2D eigenvalue weighted by Crippen LogP contribution is -2.14. The molecule has 1 heterocycles. The highest BCUT2D eigenvalue weighted by Gasteiger charge is 2.06. The number of aromatic nitrogens is 1. The molecule has 0 saturated carbocycles. The van der Waals surface area contributed by atoms with Crippen LogP contribution in [-0.4, -0.2) is 25.5 Å². The average Bonchev–Trinajstić information content (AvgIpc) is 2.39. The van der Waals surface area contributed by atoms with Crippen LogP contribution in [0.15, 0.2) is 58.5 Å². The number of amidine groups is 1. The highest BCUT2D eigenvalue weighted by Crippen LogP contribution is 2.16. The monoisotopic (exact) mass is 275 g/mol. The molecule has 19 heavy (non-hydrogen) atoms. The summed E-state index contributed by atoms with van der Waals surface area (Å²) in [5, 5.41) is 0. The van der Waals surface area contributed by atoms with Crippen molar-refractivity contribution < 1.29 is 8.42 Å². The molecule has 0 radical (unpaired) electrons. The van der Waals surface area contributed by atoms with Gasteiger partial charge in [-0.05, 0) is 36.4 Å². The summed E-state index contributed by atoms with van der Waals surface area (Å²) < 4.78 is 22.6. The van der Waals surface area contributed by atoms with Crippen molar-refractivity contribution >= 4 is 21.4 Å². The van der Waals surface area contributed by atoms with Gasteiger partial charge in [0.2, 0.25) is 0 Å². The van der Waals surface area contributed by atoms with Crippen molar-refractivity contribution in [1.29, 1.82) is 0 Å². The van der Waals surface area contributed by atoms with E-state index in [1.165, 1.54) is 12.1 Å². The van der Waals surface area contributed by atoms with E-state index >= 15 is 0 Å². The highest BCUT2D eigenvalue weighted by molar-refractivity contribution is 7.90. The molecule has 2 N–H and O–H groups in total. The second-order valence-electron chi connectivity index (χ2n) is 3.98. The summed E-state index contributed by atoms with van der Waals surface area (Å²) in [4.78, 5) is 8.52. The molecule has 1 aromatic heterocycles. The van der Waals surface area contributed by atoms with E-state index in [0.717, 1.165) is 6.26 Å². The second kappa shape index (κ2) is 5.19. The zero-order chi connectivity index (χ0) is 13.9. The summed E-state index contributed by atoms with van der Waals surface area (Å²) in [7, 11) is -3.19. The molecule has 5 nitrogen and oxygen atoms in total. The molecule has 0 unspecified atom stereocenters. The van der Waals surface area contributed by atoms with E-state index in [2.05, 4.69) is 9.98 Å². The molecule has 0 aliphatic carbocycles. The Balaban J connectivity index is 2.29. The molecule has 0 saturated heterocycles. The number of sulfone groups is 1. The first kappa shape index (κ1) is 13.2. The van der Waals surface area contributed by atoms with Crippen molar-refractivity contribution in [1.82, 2.24) is 4.98 Å². The summed E-state index contributed by atoms with van der Waals surface area (Å²) in [5.41, 5.74) is 6.98.